The highest BCUT2D eigenvalue weighted by Crippen LogP contribution is 2.34. The number of amides is 2. The maximum atomic E-state index is 13.6. The Morgan fingerprint density at radius 2 is 1.10 bits per heavy atom. The van der Waals surface area contributed by atoms with Crippen LogP contribution in [0.5, 0.6) is 0 Å². The summed E-state index contributed by atoms with van der Waals surface area (Å²) in [6.45, 7) is 12.2. The van der Waals surface area contributed by atoms with Gasteiger partial charge in [-0.05, 0) is 84.6 Å². The van der Waals surface area contributed by atoms with Gasteiger partial charge in [-0.3, -0.25) is 19.2 Å². The molecule has 0 radical (unpaired) electrons. The van der Waals surface area contributed by atoms with Crippen LogP contribution in [-0.2, 0) is 9.59 Å². The van der Waals surface area contributed by atoms with Crippen molar-refractivity contribution in [3.05, 3.63) is 40.5 Å². The molecule has 49 heavy (non-hydrogen) atoms. The summed E-state index contributed by atoms with van der Waals surface area (Å²) in [5.41, 5.74) is 8.40. The van der Waals surface area contributed by atoms with E-state index in [2.05, 4.69) is 44.3 Å². The van der Waals surface area contributed by atoms with Crippen LogP contribution in [0.15, 0.2) is 29.3 Å². The second-order valence-electron chi connectivity index (χ2n) is 14.2. The first-order valence-electron chi connectivity index (χ1n) is 18.8. The summed E-state index contributed by atoms with van der Waals surface area (Å²) in [6.07, 6.45) is 8.42. The van der Waals surface area contributed by atoms with E-state index in [-0.39, 0.29) is 23.4 Å². The Bertz CT molecular complexity index is 1280. The first-order valence-corrected chi connectivity index (χ1v) is 18.8. The van der Waals surface area contributed by atoms with Crippen molar-refractivity contribution >= 4 is 29.1 Å². The molecule has 4 N–H and O–H groups in total. The highest BCUT2D eigenvalue weighted by Gasteiger charge is 2.32. The molecule has 2 amide bonds. The van der Waals surface area contributed by atoms with Gasteiger partial charge in [0.1, 0.15) is 0 Å². The molecule has 0 unspecified atom stereocenters. The standard InChI is InChI=1S/C38H61N7O4/c1-42-22-26-44(27-23-42)20-10-18-40-34(46)16-7-3-5-12-30-31(38(49)36-32(37(30)48)14-9-15-33(36)39)13-6-4-8-17-35(47)41-19-11-21-45-28-24-43(2)25-29-45/h9,14-15H,3-8,10-13,16-29,39H2,1-2H3,(H,40,46)(H,41,47). The lowest BCUT2D eigenvalue weighted by Gasteiger charge is -2.32. The van der Waals surface area contributed by atoms with Gasteiger partial charge >= 0.3 is 0 Å². The van der Waals surface area contributed by atoms with Crippen LogP contribution >= 0.6 is 0 Å². The predicted molar refractivity (Wildman–Crippen MR) is 196 cm³/mol. The van der Waals surface area contributed by atoms with Gasteiger partial charge in [0.25, 0.3) is 0 Å². The van der Waals surface area contributed by atoms with Gasteiger partial charge in [-0.1, -0.05) is 25.0 Å². The van der Waals surface area contributed by atoms with E-state index >= 15 is 0 Å². The molecule has 1 aromatic rings. The lowest BCUT2D eigenvalue weighted by Crippen LogP contribution is -2.45. The number of piperazine rings is 2. The molecule has 0 saturated carbocycles. The Morgan fingerprint density at radius 3 is 1.59 bits per heavy atom. The van der Waals surface area contributed by atoms with Crippen molar-refractivity contribution in [3.8, 4) is 0 Å². The van der Waals surface area contributed by atoms with Crippen molar-refractivity contribution in [2.45, 2.75) is 77.0 Å². The van der Waals surface area contributed by atoms with E-state index < -0.39 is 0 Å². The molecule has 0 bridgehead atoms. The predicted octanol–water partition coefficient (Wildman–Crippen LogP) is 3.35. The molecule has 0 atom stereocenters. The van der Waals surface area contributed by atoms with Crippen molar-refractivity contribution in [3.63, 3.8) is 0 Å². The average Bonchev–Trinajstić information content (AvgIpc) is 3.09. The average molecular weight is 680 g/mol. The molecule has 1 aromatic carbocycles. The van der Waals surface area contributed by atoms with Crippen molar-refractivity contribution in [1.29, 1.82) is 0 Å². The van der Waals surface area contributed by atoms with Gasteiger partial charge in [0.05, 0.1) is 5.56 Å². The van der Waals surface area contributed by atoms with Crippen molar-refractivity contribution in [2.24, 2.45) is 0 Å². The summed E-state index contributed by atoms with van der Waals surface area (Å²) in [7, 11) is 4.30. The van der Waals surface area contributed by atoms with E-state index in [1.54, 1.807) is 18.2 Å². The van der Waals surface area contributed by atoms with Crippen LogP contribution in [-0.4, -0.2) is 136 Å². The molecule has 2 heterocycles. The minimum absolute atomic E-state index is 0.0724. The van der Waals surface area contributed by atoms with Gasteiger partial charge in [0.15, 0.2) is 11.6 Å². The van der Waals surface area contributed by atoms with Crippen LogP contribution in [0.2, 0.25) is 0 Å². The number of nitrogen functional groups attached to an aromatic ring is 1. The Morgan fingerprint density at radius 1 is 0.633 bits per heavy atom. The maximum Gasteiger partial charge on any atom is 0.219 e. The summed E-state index contributed by atoms with van der Waals surface area (Å²) in [4.78, 5) is 61.6. The van der Waals surface area contributed by atoms with Crippen molar-refractivity contribution in [1.82, 2.24) is 30.2 Å². The number of hydrogen-bond donors (Lipinski definition) is 3. The minimum Gasteiger partial charge on any atom is -0.398 e. The molecule has 11 nitrogen and oxygen atoms in total. The van der Waals surface area contributed by atoms with E-state index in [4.69, 9.17) is 5.73 Å². The maximum absolute atomic E-state index is 13.6. The number of likely N-dealkylation sites (N-methyl/N-ethyl adjacent to an activating group) is 2. The first kappa shape index (κ1) is 38.7. The zero-order valence-electron chi connectivity index (χ0n) is 30.2. The summed E-state index contributed by atoms with van der Waals surface area (Å²) < 4.78 is 0. The van der Waals surface area contributed by atoms with Gasteiger partial charge < -0.3 is 36.0 Å². The molecule has 4 rings (SSSR count). The second-order valence-corrected chi connectivity index (χ2v) is 14.2. The second kappa shape index (κ2) is 20.5. The molecular weight excluding hydrogens is 618 g/mol. The third-order valence-electron chi connectivity index (χ3n) is 10.3. The molecule has 1 aliphatic carbocycles. The number of benzene rings is 1. The van der Waals surface area contributed by atoms with Gasteiger partial charge in [-0.15, -0.1) is 0 Å². The number of rotatable bonds is 20. The Balaban J connectivity index is 1.15. The summed E-state index contributed by atoms with van der Waals surface area (Å²) in [5.74, 6) is -0.100. The van der Waals surface area contributed by atoms with E-state index in [9.17, 15) is 19.2 Å². The topological polar surface area (TPSA) is 131 Å². The Labute approximate surface area is 294 Å². The minimum atomic E-state index is -0.142. The smallest absolute Gasteiger partial charge is 0.219 e. The molecular formula is C38H61N7O4. The lowest BCUT2D eigenvalue weighted by atomic mass is 9.79. The molecule has 0 spiro atoms. The van der Waals surface area contributed by atoms with E-state index in [0.29, 0.717) is 66.7 Å². The quantitative estimate of drug-likeness (QED) is 0.140. The molecule has 2 fully saturated rings. The molecule has 0 aromatic heterocycles. The van der Waals surface area contributed by atoms with Crippen molar-refractivity contribution < 1.29 is 19.2 Å². The number of fused-ring (bicyclic) bond motifs is 1. The fourth-order valence-corrected chi connectivity index (χ4v) is 7.04. The number of nitrogens with zero attached hydrogens (tertiary/aromatic N) is 4. The van der Waals surface area contributed by atoms with Crippen LogP contribution in [0, 0.1) is 0 Å². The number of nitrogens with two attached hydrogens (primary N) is 1. The number of carbonyl (C=O) groups is 4. The number of unbranched alkanes of at least 4 members (excludes halogenated alkanes) is 4. The third-order valence-corrected chi connectivity index (χ3v) is 10.3. The first-order chi connectivity index (χ1) is 23.7. The number of carbonyl (C=O) groups excluding carboxylic acids is 4. The molecule has 2 saturated heterocycles. The molecule has 272 valence electrons. The van der Waals surface area contributed by atoms with Gasteiger partial charge in [-0.25, -0.2) is 0 Å². The van der Waals surface area contributed by atoms with E-state index in [1.165, 1.54) is 0 Å². The number of hydrogen-bond acceptors (Lipinski definition) is 9. The Hall–Kier alpha value is -3.12. The normalized spacial score (nSPS) is 18.2. The monoisotopic (exact) mass is 679 g/mol. The van der Waals surface area contributed by atoms with Crippen LogP contribution in [0.1, 0.15) is 97.8 Å². The highest BCUT2D eigenvalue weighted by atomic mass is 16.2. The number of anilines is 1. The highest BCUT2D eigenvalue weighted by molar-refractivity contribution is 6.28. The number of Topliss-reactive ketones (excluding diaryl/α,β-unsaturated/α-hetero) is 2. The summed E-state index contributed by atoms with van der Waals surface area (Å²) >= 11 is 0. The zero-order chi connectivity index (χ0) is 35.0. The van der Waals surface area contributed by atoms with Crippen LogP contribution in [0.3, 0.4) is 0 Å². The summed E-state index contributed by atoms with van der Waals surface area (Å²) in [5, 5.41) is 6.10. The third kappa shape index (κ3) is 12.6. The fourth-order valence-electron chi connectivity index (χ4n) is 7.04. The summed E-state index contributed by atoms with van der Waals surface area (Å²) in [6, 6.07) is 5.09. The molecule has 2 aliphatic heterocycles. The number of nitrogens with one attached hydrogen (secondary N) is 2. The Kier molecular flexibility index (Phi) is 16.2. The zero-order valence-corrected chi connectivity index (χ0v) is 30.2. The van der Waals surface area contributed by atoms with E-state index in [1.807, 2.05) is 0 Å². The lowest BCUT2D eigenvalue weighted by molar-refractivity contribution is -0.122. The van der Waals surface area contributed by atoms with Crippen LogP contribution in [0.25, 0.3) is 0 Å². The van der Waals surface area contributed by atoms with Crippen LogP contribution in [0.4, 0.5) is 5.69 Å². The fraction of sp³-hybridized carbons (Fsp3) is 0.684. The molecule has 3 aliphatic rings. The number of allylic oxidation sites excluding steroid dienone is 2. The largest absolute Gasteiger partial charge is 0.398 e. The van der Waals surface area contributed by atoms with Gasteiger partial charge in [-0.2, -0.15) is 0 Å². The molecule has 11 heteroatoms. The number of ketones is 2. The van der Waals surface area contributed by atoms with Gasteiger partial charge in [0.2, 0.25) is 11.8 Å². The van der Waals surface area contributed by atoms with Crippen molar-refractivity contribution in [2.75, 3.05) is 98.4 Å². The van der Waals surface area contributed by atoms with Crippen LogP contribution < -0.4 is 16.4 Å². The van der Waals surface area contributed by atoms with E-state index in [0.717, 1.165) is 117 Å². The van der Waals surface area contributed by atoms with Gasteiger partial charge in [0, 0.05) is 101 Å². The SMILES string of the molecule is CN1CCN(CCCNC(=O)CCCCCC2=C(CCCCCC(=O)NCCCN3CCN(C)CC3)C(=O)c3c(N)cccc3C2=O)CC1.